The maximum Gasteiger partial charge on any atom is 0.137 e. The average molecular weight is 346 g/mol. The van der Waals surface area contributed by atoms with Crippen LogP contribution in [0.1, 0.15) is 24.2 Å². The van der Waals surface area contributed by atoms with Gasteiger partial charge in [-0.1, -0.05) is 28.1 Å². The van der Waals surface area contributed by atoms with E-state index in [1.807, 2.05) is 60.1 Å². The molecule has 0 radical (unpaired) electrons. The predicted molar refractivity (Wildman–Crippen MR) is 86.3 cm³/mol. The van der Waals surface area contributed by atoms with E-state index in [0.29, 0.717) is 6.61 Å². The maximum absolute atomic E-state index is 5.98. The summed E-state index contributed by atoms with van der Waals surface area (Å²) in [6.07, 6.45) is 3.94. The van der Waals surface area contributed by atoms with Gasteiger partial charge in [0.05, 0.1) is 5.69 Å². The second kappa shape index (κ2) is 5.87. The molecule has 108 valence electrons. The first-order valence-corrected chi connectivity index (χ1v) is 7.53. The molecule has 1 aromatic carbocycles. The molecule has 0 saturated heterocycles. The highest BCUT2D eigenvalue weighted by Gasteiger charge is 2.10. The number of benzene rings is 1. The molecule has 0 bridgehead atoms. The van der Waals surface area contributed by atoms with Gasteiger partial charge >= 0.3 is 0 Å². The smallest absolute Gasteiger partial charge is 0.137 e. The molecular formula is C16H16BrN3O. The van der Waals surface area contributed by atoms with Gasteiger partial charge in [0, 0.05) is 28.5 Å². The molecule has 2 aromatic heterocycles. The molecule has 0 fully saturated rings. The Morgan fingerprint density at radius 2 is 2.19 bits per heavy atom. The lowest BCUT2D eigenvalue weighted by molar-refractivity contribution is 0.297. The molecule has 0 aliphatic heterocycles. The van der Waals surface area contributed by atoms with Gasteiger partial charge in [-0.2, -0.15) is 0 Å². The van der Waals surface area contributed by atoms with Crippen molar-refractivity contribution in [3.05, 3.63) is 64.5 Å². The van der Waals surface area contributed by atoms with Crippen molar-refractivity contribution in [3.8, 4) is 5.75 Å². The number of hydrogen-bond donors (Lipinski definition) is 1. The number of imidazole rings is 1. The van der Waals surface area contributed by atoms with E-state index in [4.69, 9.17) is 10.5 Å². The monoisotopic (exact) mass is 345 g/mol. The van der Waals surface area contributed by atoms with Crippen LogP contribution >= 0.6 is 15.9 Å². The Labute approximate surface area is 131 Å². The molecule has 0 spiro atoms. The Bertz CT molecular complexity index is 734. The van der Waals surface area contributed by atoms with Crippen LogP contribution in [0.2, 0.25) is 0 Å². The number of rotatable bonds is 4. The van der Waals surface area contributed by atoms with Crippen LogP contribution in [0.5, 0.6) is 5.75 Å². The quantitative estimate of drug-likeness (QED) is 0.784. The van der Waals surface area contributed by atoms with Crippen molar-refractivity contribution < 1.29 is 4.74 Å². The van der Waals surface area contributed by atoms with Crippen molar-refractivity contribution in [2.75, 3.05) is 0 Å². The summed E-state index contributed by atoms with van der Waals surface area (Å²) in [5, 5.41) is 0. The Morgan fingerprint density at radius 3 is 2.95 bits per heavy atom. The second-order valence-corrected chi connectivity index (χ2v) is 5.87. The molecule has 5 heteroatoms. The molecule has 4 nitrogen and oxygen atoms in total. The third-order valence-corrected chi connectivity index (χ3v) is 3.75. The van der Waals surface area contributed by atoms with E-state index in [2.05, 4.69) is 20.9 Å². The number of fused-ring (bicyclic) bond motifs is 1. The molecule has 1 atom stereocenters. The molecule has 2 N–H and O–H groups in total. The summed E-state index contributed by atoms with van der Waals surface area (Å²) in [6.45, 7) is 2.36. The number of nitrogens with two attached hydrogens (primary N) is 1. The molecule has 0 aliphatic carbocycles. The summed E-state index contributed by atoms with van der Waals surface area (Å²) in [5.41, 5.74) is 8.77. The minimum absolute atomic E-state index is 0.0748. The number of pyridine rings is 1. The first-order chi connectivity index (χ1) is 10.1. The van der Waals surface area contributed by atoms with Crippen molar-refractivity contribution >= 4 is 21.6 Å². The summed E-state index contributed by atoms with van der Waals surface area (Å²) < 4.78 is 8.86. The van der Waals surface area contributed by atoms with E-state index < -0.39 is 0 Å². The SMILES string of the molecule is CC(N)c1ccc(Br)cc1OCc1cn2ccccc2n1. The van der Waals surface area contributed by atoms with Crippen molar-refractivity contribution in [1.82, 2.24) is 9.38 Å². The van der Waals surface area contributed by atoms with E-state index in [-0.39, 0.29) is 6.04 Å². The fourth-order valence-corrected chi connectivity index (χ4v) is 2.56. The highest BCUT2D eigenvalue weighted by Crippen LogP contribution is 2.28. The predicted octanol–water partition coefficient (Wildman–Crippen LogP) is 3.70. The number of halogens is 1. The molecule has 1 unspecified atom stereocenters. The lowest BCUT2D eigenvalue weighted by atomic mass is 10.1. The van der Waals surface area contributed by atoms with Gasteiger partial charge in [0.2, 0.25) is 0 Å². The molecule has 3 aromatic rings. The third-order valence-electron chi connectivity index (χ3n) is 3.26. The van der Waals surface area contributed by atoms with Crippen LogP contribution in [0.3, 0.4) is 0 Å². The van der Waals surface area contributed by atoms with Crippen LogP contribution < -0.4 is 10.5 Å². The van der Waals surface area contributed by atoms with Crippen LogP contribution in [-0.2, 0) is 6.61 Å². The Morgan fingerprint density at radius 1 is 1.33 bits per heavy atom. The van der Waals surface area contributed by atoms with E-state index in [1.54, 1.807) is 0 Å². The number of aromatic nitrogens is 2. The lowest BCUT2D eigenvalue weighted by Crippen LogP contribution is -2.08. The molecular weight excluding hydrogens is 330 g/mol. The highest BCUT2D eigenvalue weighted by atomic mass is 79.9. The van der Waals surface area contributed by atoms with Gasteiger partial charge < -0.3 is 14.9 Å². The molecule has 3 rings (SSSR count). The fraction of sp³-hybridized carbons (Fsp3) is 0.188. The maximum atomic E-state index is 5.98. The lowest BCUT2D eigenvalue weighted by Gasteiger charge is -2.13. The van der Waals surface area contributed by atoms with Gasteiger partial charge in [-0.15, -0.1) is 0 Å². The van der Waals surface area contributed by atoms with Crippen molar-refractivity contribution in [1.29, 1.82) is 0 Å². The van der Waals surface area contributed by atoms with Crippen LogP contribution in [-0.4, -0.2) is 9.38 Å². The molecule has 0 amide bonds. The number of ether oxygens (including phenoxy) is 1. The Kier molecular flexibility index (Phi) is 3.94. The van der Waals surface area contributed by atoms with E-state index in [9.17, 15) is 0 Å². The normalized spacial score (nSPS) is 12.5. The second-order valence-electron chi connectivity index (χ2n) is 4.96. The Hall–Kier alpha value is -1.85. The summed E-state index contributed by atoms with van der Waals surface area (Å²) in [4.78, 5) is 4.52. The van der Waals surface area contributed by atoms with E-state index in [1.165, 1.54) is 0 Å². The first-order valence-electron chi connectivity index (χ1n) is 6.74. The number of nitrogens with zero attached hydrogens (tertiary/aromatic N) is 2. The molecule has 21 heavy (non-hydrogen) atoms. The zero-order valence-electron chi connectivity index (χ0n) is 11.7. The average Bonchev–Trinajstić information content (AvgIpc) is 2.87. The Balaban J connectivity index is 1.82. The highest BCUT2D eigenvalue weighted by molar-refractivity contribution is 9.10. The summed E-state index contributed by atoms with van der Waals surface area (Å²) in [5.74, 6) is 0.788. The zero-order chi connectivity index (χ0) is 14.8. The minimum atomic E-state index is -0.0748. The fourth-order valence-electron chi connectivity index (χ4n) is 2.22. The van der Waals surface area contributed by atoms with E-state index >= 15 is 0 Å². The van der Waals surface area contributed by atoms with Crippen LogP contribution in [0.15, 0.2) is 53.3 Å². The zero-order valence-corrected chi connectivity index (χ0v) is 13.2. The molecule has 0 saturated carbocycles. The van der Waals surface area contributed by atoms with Gasteiger partial charge in [-0.25, -0.2) is 4.98 Å². The van der Waals surface area contributed by atoms with Crippen molar-refractivity contribution in [2.24, 2.45) is 5.73 Å². The van der Waals surface area contributed by atoms with Gasteiger partial charge in [-0.05, 0) is 31.2 Å². The van der Waals surface area contributed by atoms with Gasteiger partial charge in [0.25, 0.3) is 0 Å². The van der Waals surface area contributed by atoms with Gasteiger partial charge in [0.1, 0.15) is 18.0 Å². The minimum Gasteiger partial charge on any atom is -0.487 e. The largest absolute Gasteiger partial charge is 0.487 e. The standard InChI is InChI=1S/C16H16BrN3O/c1-11(18)14-6-5-12(17)8-15(14)21-10-13-9-20-7-3-2-4-16(20)19-13/h2-9,11H,10,18H2,1H3. The van der Waals surface area contributed by atoms with Crippen molar-refractivity contribution in [3.63, 3.8) is 0 Å². The van der Waals surface area contributed by atoms with Crippen LogP contribution in [0, 0.1) is 0 Å². The van der Waals surface area contributed by atoms with Gasteiger partial charge in [0.15, 0.2) is 0 Å². The summed E-state index contributed by atoms with van der Waals surface area (Å²) >= 11 is 3.46. The third kappa shape index (κ3) is 3.09. The molecule has 0 aliphatic rings. The van der Waals surface area contributed by atoms with Crippen LogP contribution in [0.25, 0.3) is 5.65 Å². The first kappa shape index (κ1) is 14.1. The summed E-state index contributed by atoms with van der Waals surface area (Å²) in [6, 6.07) is 11.7. The molecule has 2 heterocycles. The van der Waals surface area contributed by atoms with Gasteiger partial charge in [-0.3, -0.25) is 0 Å². The topological polar surface area (TPSA) is 52.5 Å². The van der Waals surface area contributed by atoms with E-state index in [0.717, 1.165) is 27.1 Å². The van der Waals surface area contributed by atoms with Crippen molar-refractivity contribution in [2.45, 2.75) is 19.6 Å². The summed E-state index contributed by atoms with van der Waals surface area (Å²) in [7, 11) is 0. The van der Waals surface area contributed by atoms with Crippen LogP contribution in [0.4, 0.5) is 0 Å². The number of hydrogen-bond acceptors (Lipinski definition) is 3.